The van der Waals surface area contributed by atoms with Crippen molar-refractivity contribution in [3.8, 4) is 0 Å². The van der Waals surface area contributed by atoms with Crippen molar-refractivity contribution in [2.75, 3.05) is 13.1 Å². The number of hydrogen-bond acceptors (Lipinski definition) is 3. The third-order valence-electron chi connectivity index (χ3n) is 4.42. The molecule has 2 heterocycles. The maximum atomic E-state index is 12.8. The Bertz CT molecular complexity index is 439. The normalized spacial score (nSPS) is 18.4. The zero-order chi connectivity index (χ0) is 14.6. The van der Waals surface area contributed by atoms with E-state index in [1.54, 1.807) is 0 Å². The van der Waals surface area contributed by atoms with Crippen LogP contribution in [0.25, 0.3) is 0 Å². The van der Waals surface area contributed by atoms with Crippen LogP contribution in [0.15, 0.2) is 12.3 Å². The van der Waals surface area contributed by atoms with E-state index in [9.17, 15) is 4.79 Å². The van der Waals surface area contributed by atoms with E-state index in [4.69, 9.17) is 0 Å². The molecule has 0 amide bonds. The lowest BCUT2D eigenvalue weighted by Crippen LogP contribution is -2.42. The largest absolute Gasteiger partial charge is 0.317 e. The SMILES string of the molecule is CCCC1(C(=O)Cc2ccn(C(C)C)n2)CCNCC1. The topological polar surface area (TPSA) is 46.9 Å². The van der Waals surface area contributed by atoms with Gasteiger partial charge in [0.1, 0.15) is 5.78 Å². The van der Waals surface area contributed by atoms with Crippen molar-refractivity contribution >= 4 is 5.78 Å². The number of aromatic nitrogens is 2. The number of hydrogen-bond donors (Lipinski definition) is 1. The Labute approximate surface area is 121 Å². The standard InChI is InChI=1S/C16H27N3O/c1-4-6-16(7-9-17-10-8-16)15(20)12-14-5-11-19(18-14)13(2)3/h5,11,13,17H,4,6-10,12H2,1-3H3. The highest BCUT2D eigenvalue weighted by Crippen LogP contribution is 2.36. The van der Waals surface area contributed by atoms with E-state index in [0.717, 1.165) is 44.5 Å². The lowest BCUT2D eigenvalue weighted by atomic mass is 9.71. The van der Waals surface area contributed by atoms with Gasteiger partial charge in [-0.05, 0) is 52.3 Å². The van der Waals surface area contributed by atoms with E-state index in [-0.39, 0.29) is 5.41 Å². The predicted molar refractivity (Wildman–Crippen MR) is 80.8 cm³/mol. The van der Waals surface area contributed by atoms with Gasteiger partial charge < -0.3 is 5.32 Å². The van der Waals surface area contributed by atoms with Gasteiger partial charge in [-0.3, -0.25) is 9.48 Å². The van der Waals surface area contributed by atoms with Crippen LogP contribution >= 0.6 is 0 Å². The molecule has 1 aromatic rings. The number of carbonyl (C=O) groups excluding carboxylic acids is 1. The Morgan fingerprint density at radius 3 is 2.70 bits per heavy atom. The molecule has 0 radical (unpaired) electrons. The Morgan fingerprint density at radius 1 is 1.45 bits per heavy atom. The molecule has 0 unspecified atom stereocenters. The molecule has 4 nitrogen and oxygen atoms in total. The fourth-order valence-corrected chi connectivity index (χ4v) is 3.16. The molecule has 0 saturated carbocycles. The lowest BCUT2D eigenvalue weighted by molar-refractivity contribution is -0.130. The monoisotopic (exact) mass is 277 g/mol. The third-order valence-corrected chi connectivity index (χ3v) is 4.42. The quantitative estimate of drug-likeness (QED) is 0.869. The summed E-state index contributed by atoms with van der Waals surface area (Å²) in [6, 6.07) is 2.33. The van der Waals surface area contributed by atoms with Crippen molar-refractivity contribution in [1.29, 1.82) is 0 Å². The second-order valence-electron chi connectivity index (χ2n) is 6.26. The number of rotatable bonds is 6. The van der Waals surface area contributed by atoms with Crippen molar-refractivity contribution in [3.63, 3.8) is 0 Å². The van der Waals surface area contributed by atoms with E-state index in [0.29, 0.717) is 18.2 Å². The summed E-state index contributed by atoms with van der Waals surface area (Å²) in [5.74, 6) is 0.384. The first kappa shape index (κ1) is 15.2. The highest BCUT2D eigenvalue weighted by atomic mass is 16.1. The van der Waals surface area contributed by atoms with Gasteiger partial charge in [0.05, 0.1) is 12.1 Å². The molecular weight excluding hydrogens is 250 g/mol. The minimum absolute atomic E-state index is 0.110. The van der Waals surface area contributed by atoms with Gasteiger partial charge in [-0.2, -0.15) is 5.10 Å². The van der Waals surface area contributed by atoms with Gasteiger partial charge in [0.2, 0.25) is 0 Å². The first-order valence-corrected chi connectivity index (χ1v) is 7.85. The second kappa shape index (κ2) is 6.53. The summed E-state index contributed by atoms with van der Waals surface area (Å²) in [6.07, 6.45) is 6.50. The van der Waals surface area contributed by atoms with Crippen molar-refractivity contribution < 1.29 is 4.79 Å². The fraction of sp³-hybridized carbons (Fsp3) is 0.750. The number of Topliss-reactive ketones (excluding diaryl/α,β-unsaturated/α-hetero) is 1. The van der Waals surface area contributed by atoms with E-state index in [1.807, 2.05) is 16.9 Å². The van der Waals surface area contributed by atoms with Crippen molar-refractivity contribution in [1.82, 2.24) is 15.1 Å². The number of nitrogens with zero attached hydrogens (tertiary/aromatic N) is 2. The minimum Gasteiger partial charge on any atom is -0.317 e. The Kier molecular flexibility index (Phi) is 4.97. The van der Waals surface area contributed by atoms with Crippen LogP contribution < -0.4 is 5.32 Å². The van der Waals surface area contributed by atoms with Crippen LogP contribution in [0, 0.1) is 5.41 Å². The highest BCUT2D eigenvalue weighted by Gasteiger charge is 2.38. The molecule has 1 aliphatic rings. The molecule has 1 aliphatic heterocycles. The van der Waals surface area contributed by atoms with Crippen LogP contribution in [-0.4, -0.2) is 28.7 Å². The van der Waals surface area contributed by atoms with E-state index < -0.39 is 0 Å². The first-order chi connectivity index (χ1) is 9.57. The second-order valence-corrected chi connectivity index (χ2v) is 6.26. The molecule has 20 heavy (non-hydrogen) atoms. The van der Waals surface area contributed by atoms with Gasteiger partial charge >= 0.3 is 0 Å². The molecule has 1 N–H and O–H groups in total. The summed E-state index contributed by atoms with van der Waals surface area (Å²) in [7, 11) is 0. The Balaban J connectivity index is 2.07. The summed E-state index contributed by atoms with van der Waals surface area (Å²) in [4.78, 5) is 12.8. The highest BCUT2D eigenvalue weighted by molar-refractivity contribution is 5.86. The van der Waals surface area contributed by atoms with Crippen molar-refractivity contribution in [2.24, 2.45) is 5.41 Å². The minimum atomic E-state index is -0.110. The molecule has 1 saturated heterocycles. The summed E-state index contributed by atoms with van der Waals surface area (Å²) in [5, 5.41) is 7.88. The molecule has 0 aliphatic carbocycles. The van der Waals surface area contributed by atoms with Crippen LogP contribution in [0.4, 0.5) is 0 Å². The van der Waals surface area contributed by atoms with Gasteiger partial charge in [0, 0.05) is 17.7 Å². The van der Waals surface area contributed by atoms with Gasteiger partial charge in [-0.15, -0.1) is 0 Å². The number of ketones is 1. The van der Waals surface area contributed by atoms with E-state index in [1.165, 1.54) is 0 Å². The summed E-state index contributed by atoms with van der Waals surface area (Å²) in [5.41, 5.74) is 0.805. The smallest absolute Gasteiger partial charge is 0.145 e. The van der Waals surface area contributed by atoms with E-state index >= 15 is 0 Å². The first-order valence-electron chi connectivity index (χ1n) is 7.85. The molecule has 0 atom stereocenters. The van der Waals surface area contributed by atoms with Crippen LogP contribution in [0.2, 0.25) is 0 Å². The van der Waals surface area contributed by atoms with Gasteiger partial charge in [0.15, 0.2) is 0 Å². The van der Waals surface area contributed by atoms with Gasteiger partial charge in [-0.1, -0.05) is 13.3 Å². The predicted octanol–water partition coefficient (Wildman–Crippen LogP) is 2.75. The van der Waals surface area contributed by atoms with Crippen LogP contribution in [0.5, 0.6) is 0 Å². The average Bonchev–Trinajstić information content (AvgIpc) is 2.89. The van der Waals surface area contributed by atoms with Crippen LogP contribution in [-0.2, 0) is 11.2 Å². The van der Waals surface area contributed by atoms with Crippen LogP contribution in [0.3, 0.4) is 0 Å². The molecule has 1 aromatic heterocycles. The number of carbonyl (C=O) groups is 1. The van der Waals surface area contributed by atoms with Gasteiger partial charge in [-0.25, -0.2) is 0 Å². The molecule has 2 rings (SSSR count). The molecule has 0 spiro atoms. The maximum absolute atomic E-state index is 12.8. The van der Waals surface area contributed by atoms with E-state index in [2.05, 4.69) is 31.2 Å². The molecule has 0 bridgehead atoms. The third kappa shape index (κ3) is 3.29. The Morgan fingerprint density at radius 2 is 2.15 bits per heavy atom. The van der Waals surface area contributed by atoms with Crippen LogP contribution in [0.1, 0.15) is 58.2 Å². The zero-order valence-electron chi connectivity index (χ0n) is 13.0. The molecular formula is C16H27N3O. The number of nitrogens with one attached hydrogen (secondary N) is 1. The van der Waals surface area contributed by atoms with Crippen molar-refractivity contribution in [3.05, 3.63) is 18.0 Å². The summed E-state index contributed by atoms with van der Waals surface area (Å²) in [6.45, 7) is 8.30. The van der Waals surface area contributed by atoms with Gasteiger partial charge in [0.25, 0.3) is 0 Å². The number of piperidine rings is 1. The van der Waals surface area contributed by atoms with Crippen molar-refractivity contribution in [2.45, 2.75) is 58.9 Å². The Hall–Kier alpha value is -1.16. The maximum Gasteiger partial charge on any atom is 0.145 e. The molecule has 112 valence electrons. The summed E-state index contributed by atoms with van der Waals surface area (Å²) < 4.78 is 1.93. The summed E-state index contributed by atoms with van der Waals surface area (Å²) >= 11 is 0. The molecule has 4 heteroatoms. The lowest BCUT2D eigenvalue weighted by Gasteiger charge is -2.36. The fourth-order valence-electron chi connectivity index (χ4n) is 3.16. The zero-order valence-corrected chi connectivity index (χ0v) is 13.0. The molecule has 1 fully saturated rings. The average molecular weight is 277 g/mol. The molecule has 0 aromatic carbocycles.